The van der Waals surface area contributed by atoms with Crippen molar-refractivity contribution in [2.45, 2.75) is 39.5 Å². The van der Waals surface area contributed by atoms with E-state index in [0.29, 0.717) is 0 Å². The monoisotopic (exact) mass is 319 g/mol. The number of ether oxygens (including phenoxy) is 2. The lowest BCUT2D eigenvalue weighted by molar-refractivity contribution is -0.138. The van der Waals surface area contributed by atoms with E-state index in [1.807, 2.05) is 18.2 Å². The van der Waals surface area contributed by atoms with Crippen LogP contribution < -0.4 is 5.32 Å². The molecule has 0 heterocycles. The van der Waals surface area contributed by atoms with E-state index in [2.05, 4.69) is 37.7 Å². The Balaban J connectivity index is 3.40. The number of nitrogens with one attached hydrogen (secondary N) is 1. The predicted molar refractivity (Wildman–Crippen MR) is 90.4 cm³/mol. The number of benzene rings is 1. The molecule has 0 aromatic heterocycles. The van der Waals surface area contributed by atoms with E-state index in [9.17, 15) is 9.59 Å². The summed E-state index contributed by atoms with van der Waals surface area (Å²) in [6.45, 7) is 8.30. The van der Waals surface area contributed by atoms with Crippen molar-refractivity contribution in [3.63, 3.8) is 0 Å². The molecule has 5 heteroatoms. The van der Waals surface area contributed by atoms with Gasteiger partial charge in [0, 0.05) is 5.69 Å². The third-order valence-corrected chi connectivity index (χ3v) is 3.50. The van der Waals surface area contributed by atoms with E-state index in [0.717, 1.165) is 22.9 Å². The first-order valence-corrected chi connectivity index (χ1v) is 7.59. The van der Waals surface area contributed by atoms with E-state index >= 15 is 0 Å². The number of hydrogen-bond donors (Lipinski definition) is 1. The molecule has 0 radical (unpaired) electrons. The molecule has 1 aromatic carbocycles. The fourth-order valence-corrected chi connectivity index (χ4v) is 2.26. The van der Waals surface area contributed by atoms with E-state index in [-0.39, 0.29) is 17.5 Å². The number of carbonyl (C=O) groups excluding carboxylic acids is 2. The van der Waals surface area contributed by atoms with Gasteiger partial charge >= 0.3 is 11.9 Å². The summed E-state index contributed by atoms with van der Waals surface area (Å²) < 4.78 is 9.36. The third-order valence-electron chi connectivity index (χ3n) is 3.50. The summed E-state index contributed by atoms with van der Waals surface area (Å²) in [5, 5.41) is 3.08. The van der Waals surface area contributed by atoms with Gasteiger partial charge in [0.2, 0.25) is 0 Å². The molecule has 0 aliphatic carbocycles. The molecule has 126 valence electrons. The molecule has 0 unspecified atom stereocenters. The minimum atomic E-state index is -0.622. The zero-order valence-electron chi connectivity index (χ0n) is 14.6. The number of hydrogen-bond acceptors (Lipinski definition) is 5. The second-order valence-electron chi connectivity index (χ2n) is 5.82. The van der Waals surface area contributed by atoms with Crippen LogP contribution in [0.3, 0.4) is 0 Å². The van der Waals surface area contributed by atoms with E-state index in [1.165, 1.54) is 14.2 Å². The zero-order chi connectivity index (χ0) is 17.6. The maximum atomic E-state index is 12.0. The first kappa shape index (κ1) is 18.7. The lowest BCUT2D eigenvalue weighted by atomic mass is 9.92. The molecular weight excluding hydrogens is 294 g/mol. The van der Waals surface area contributed by atoms with Crippen molar-refractivity contribution in [2.75, 3.05) is 19.5 Å². The Kier molecular flexibility index (Phi) is 6.82. The highest BCUT2D eigenvalue weighted by atomic mass is 16.5. The smallest absolute Gasteiger partial charge is 0.354 e. The number of methoxy groups -OCH3 is 2. The van der Waals surface area contributed by atoms with Gasteiger partial charge in [-0.2, -0.15) is 0 Å². The van der Waals surface area contributed by atoms with Gasteiger partial charge in [-0.05, 0) is 23.0 Å². The van der Waals surface area contributed by atoms with Crippen LogP contribution in [0.2, 0.25) is 0 Å². The molecule has 0 saturated carbocycles. The molecule has 0 atom stereocenters. The Labute approximate surface area is 137 Å². The van der Waals surface area contributed by atoms with Gasteiger partial charge in [-0.15, -0.1) is 0 Å². The van der Waals surface area contributed by atoms with E-state index in [4.69, 9.17) is 4.74 Å². The normalized spacial score (nSPS) is 11.6. The van der Waals surface area contributed by atoms with Crippen LogP contribution in [0.4, 0.5) is 5.69 Å². The first-order valence-electron chi connectivity index (χ1n) is 7.59. The molecule has 1 aromatic rings. The molecule has 1 rings (SSSR count). The number of anilines is 1. The summed E-state index contributed by atoms with van der Waals surface area (Å²) in [4.78, 5) is 23.5. The number of carbonyl (C=O) groups is 2. The first-order chi connectivity index (χ1) is 10.8. The predicted octanol–water partition coefficient (Wildman–Crippen LogP) is 3.58. The van der Waals surface area contributed by atoms with Gasteiger partial charge in [0.25, 0.3) is 0 Å². The molecule has 0 aliphatic heterocycles. The minimum absolute atomic E-state index is 0.0503. The lowest BCUT2D eigenvalue weighted by Crippen LogP contribution is -2.17. The van der Waals surface area contributed by atoms with Crippen molar-refractivity contribution in [3.8, 4) is 0 Å². The number of esters is 2. The molecule has 0 bridgehead atoms. The van der Waals surface area contributed by atoms with Crippen LogP contribution in [0.5, 0.6) is 0 Å². The van der Waals surface area contributed by atoms with Gasteiger partial charge in [0.05, 0.1) is 20.3 Å². The summed E-state index contributed by atoms with van der Waals surface area (Å²) in [5.74, 6) is -0.726. The SMILES string of the molecule is COC(=O)/C=C(/Nc1c(C(C)C)cccc1C(C)C)C(=O)OC. The topological polar surface area (TPSA) is 64.6 Å². The van der Waals surface area contributed by atoms with Crippen molar-refractivity contribution in [3.05, 3.63) is 41.1 Å². The molecular formula is C18H25NO4. The van der Waals surface area contributed by atoms with Crippen molar-refractivity contribution in [1.82, 2.24) is 0 Å². The summed E-state index contributed by atoms with van der Waals surface area (Å²) in [6, 6.07) is 6.01. The second kappa shape index (κ2) is 8.36. The summed E-state index contributed by atoms with van der Waals surface area (Å²) >= 11 is 0. The van der Waals surface area contributed by atoms with Gasteiger partial charge in [0.15, 0.2) is 0 Å². The van der Waals surface area contributed by atoms with Crippen LogP contribution in [-0.2, 0) is 19.1 Å². The second-order valence-corrected chi connectivity index (χ2v) is 5.82. The minimum Gasteiger partial charge on any atom is -0.466 e. The summed E-state index contributed by atoms with van der Waals surface area (Å²) in [7, 11) is 2.53. The van der Waals surface area contributed by atoms with Crippen molar-refractivity contribution in [1.29, 1.82) is 0 Å². The highest BCUT2D eigenvalue weighted by molar-refractivity contribution is 5.99. The molecule has 0 amide bonds. The van der Waals surface area contributed by atoms with Gasteiger partial charge in [-0.3, -0.25) is 0 Å². The summed E-state index contributed by atoms with van der Waals surface area (Å²) in [6.07, 6.45) is 1.10. The highest BCUT2D eigenvalue weighted by Crippen LogP contribution is 2.33. The fraction of sp³-hybridized carbons (Fsp3) is 0.444. The Bertz CT molecular complexity index is 577. The number of para-hydroxylation sites is 1. The highest BCUT2D eigenvalue weighted by Gasteiger charge is 2.19. The average molecular weight is 319 g/mol. The van der Waals surface area contributed by atoms with E-state index in [1.54, 1.807) is 0 Å². The fourth-order valence-electron chi connectivity index (χ4n) is 2.26. The van der Waals surface area contributed by atoms with Gasteiger partial charge < -0.3 is 14.8 Å². The van der Waals surface area contributed by atoms with Gasteiger partial charge in [-0.1, -0.05) is 45.9 Å². The zero-order valence-corrected chi connectivity index (χ0v) is 14.6. The Morgan fingerprint density at radius 1 is 1.00 bits per heavy atom. The van der Waals surface area contributed by atoms with Crippen LogP contribution in [0.15, 0.2) is 30.0 Å². The molecule has 1 N–H and O–H groups in total. The van der Waals surface area contributed by atoms with Crippen LogP contribution >= 0.6 is 0 Å². The molecule has 0 fully saturated rings. The quantitative estimate of drug-likeness (QED) is 0.641. The Morgan fingerprint density at radius 3 is 1.91 bits per heavy atom. The molecule has 23 heavy (non-hydrogen) atoms. The van der Waals surface area contributed by atoms with Crippen molar-refractivity contribution >= 4 is 17.6 Å². The molecule has 0 saturated heterocycles. The maximum absolute atomic E-state index is 12.0. The molecule has 5 nitrogen and oxygen atoms in total. The van der Waals surface area contributed by atoms with Gasteiger partial charge in [0.1, 0.15) is 5.70 Å². The van der Waals surface area contributed by atoms with Crippen LogP contribution in [0, 0.1) is 0 Å². The standard InChI is InChI=1S/C18H25NO4/c1-11(2)13-8-7-9-14(12(3)4)17(13)19-15(18(21)23-6)10-16(20)22-5/h7-12,19H,1-6H3/b15-10+. The van der Waals surface area contributed by atoms with Crippen molar-refractivity contribution in [2.24, 2.45) is 0 Å². The van der Waals surface area contributed by atoms with Crippen LogP contribution in [-0.4, -0.2) is 26.2 Å². The van der Waals surface area contributed by atoms with Crippen molar-refractivity contribution < 1.29 is 19.1 Å². The maximum Gasteiger partial charge on any atom is 0.354 e. The van der Waals surface area contributed by atoms with Gasteiger partial charge in [-0.25, -0.2) is 9.59 Å². The summed E-state index contributed by atoms with van der Waals surface area (Å²) in [5.41, 5.74) is 3.01. The number of rotatable bonds is 6. The molecule has 0 aliphatic rings. The Hall–Kier alpha value is -2.30. The van der Waals surface area contributed by atoms with Crippen LogP contribution in [0.25, 0.3) is 0 Å². The van der Waals surface area contributed by atoms with E-state index < -0.39 is 11.9 Å². The Morgan fingerprint density at radius 2 is 1.52 bits per heavy atom. The third kappa shape index (κ3) is 4.84. The lowest BCUT2D eigenvalue weighted by Gasteiger charge is -2.21. The largest absolute Gasteiger partial charge is 0.466 e. The molecule has 0 spiro atoms. The average Bonchev–Trinajstić information content (AvgIpc) is 2.52. The van der Waals surface area contributed by atoms with Crippen LogP contribution in [0.1, 0.15) is 50.7 Å².